The molecule has 8 heteroatoms. The van der Waals surface area contributed by atoms with E-state index in [2.05, 4.69) is 16.7 Å². The zero-order valence-corrected chi connectivity index (χ0v) is 20.4. The van der Waals surface area contributed by atoms with Crippen LogP contribution in [0.4, 0.5) is 5.69 Å². The lowest BCUT2D eigenvalue weighted by Crippen LogP contribution is -2.42. The SMILES string of the molecule is CC(=O)Nc1ccc(S(=O)(=O)N(CC(=O)N[C@H]2CCCc3ccccc32)Cc2ccccc2)cc1. The third kappa shape index (κ3) is 6.15. The lowest BCUT2D eigenvalue weighted by Gasteiger charge is -2.28. The summed E-state index contributed by atoms with van der Waals surface area (Å²) in [5, 5.41) is 5.68. The lowest BCUT2D eigenvalue weighted by molar-refractivity contribution is -0.122. The maximum Gasteiger partial charge on any atom is 0.243 e. The molecule has 35 heavy (non-hydrogen) atoms. The molecule has 0 bridgehead atoms. The number of amides is 2. The number of carbonyl (C=O) groups excluding carboxylic acids is 2. The Kier molecular flexibility index (Phi) is 7.63. The summed E-state index contributed by atoms with van der Waals surface area (Å²) in [7, 11) is -3.98. The quantitative estimate of drug-likeness (QED) is 0.497. The predicted molar refractivity (Wildman–Crippen MR) is 135 cm³/mol. The number of aryl methyl sites for hydroxylation is 1. The monoisotopic (exact) mass is 491 g/mol. The summed E-state index contributed by atoms with van der Waals surface area (Å²) in [6.45, 7) is 1.14. The van der Waals surface area contributed by atoms with Gasteiger partial charge in [0.15, 0.2) is 0 Å². The largest absolute Gasteiger partial charge is 0.348 e. The van der Waals surface area contributed by atoms with Crippen LogP contribution in [0.15, 0.2) is 83.8 Å². The minimum Gasteiger partial charge on any atom is -0.348 e. The van der Waals surface area contributed by atoms with Crippen LogP contribution in [0.3, 0.4) is 0 Å². The molecule has 0 aliphatic heterocycles. The van der Waals surface area contributed by atoms with Gasteiger partial charge in [-0.15, -0.1) is 0 Å². The van der Waals surface area contributed by atoms with Crippen molar-refractivity contribution in [3.8, 4) is 0 Å². The van der Waals surface area contributed by atoms with Crippen molar-refractivity contribution in [1.29, 1.82) is 0 Å². The zero-order chi connectivity index (χ0) is 24.8. The number of sulfonamides is 1. The first-order chi connectivity index (χ1) is 16.8. The fraction of sp³-hybridized carbons (Fsp3) is 0.259. The Morgan fingerprint density at radius 1 is 0.943 bits per heavy atom. The maximum absolute atomic E-state index is 13.6. The number of fused-ring (bicyclic) bond motifs is 1. The molecule has 4 rings (SSSR count). The fourth-order valence-corrected chi connectivity index (χ4v) is 5.76. The van der Waals surface area contributed by atoms with E-state index in [1.807, 2.05) is 48.5 Å². The molecule has 0 saturated heterocycles. The topological polar surface area (TPSA) is 95.6 Å². The maximum atomic E-state index is 13.6. The number of rotatable bonds is 8. The van der Waals surface area contributed by atoms with E-state index in [0.29, 0.717) is 5.69 Å². The lowest BCUT2D eigenvalue weighted by atomic mass is 9.88. The Bertz CT molecular complexity index is 1290. The van der Waals surface area contributed by atoms with E-state index in [9.17, 15) is 18.0 Å². The molecular formula is C27H29N3O4S. The van der Waals surface area contributed by atoms with Crippen molar-refractivity contribution >= 4 is 27.5 Å². The zero-order valence-electron chi connectivity index (χ0n) is 19.6. The van der Waals surface area contributed by atoms with Crippen molar-refractivity contribution in [3.05, 3.63) is 95.6 Å². The number of hydrogen-bond acceptors (Lipinski definition) is 4. The number of carbonyl (C=O) groups is 2. The van der Waals surface area contributed by atoms with Crippen molar-refractivity contribution in [2.45, 2.75) is 43.7 Å². The number of nitrogens with zero attached hydrogens (tertiary/aromatic N) is 1. The summed E-state index contributed by atoms with van der Waals surface area (Å²) in [5.74, 6) is -0.589. The first kappa shape index (κ1) is 24.6. The Morgan fingerprint density at radius 2 is 1.63 bits per heavy atom. The Labute approximate surface area is 206 Å². The van der Waals surface area contributed by atoms with Crippen LogP contribution in [-0.4, -0.2) is 31.1 Å². The highest BCUT2D eigenvalue weighted by molar-refractivity contribution is 7.89. The second-order valence-electron chi connectivity index (χ2n) is 8.68. The van der Waals surface area contributed by atoms with E-state index in [1.165, 1.54) is 41.1 Å². The smallest absolute Gasteiger partial charge is 0.243 e. The molecule has 0 spiro atoms. The number of benzene rings is 3. The molecule has 0 aromatic heterocycles. The summed E-state index contributed by atoms with van der Waals surface area (Å²) in [5.41, 5.74) is 3.59. The van der Waals surface area contributed by atoms with Crippen LogP contribution in [0, 0.1) is 0 Å². The number of nitrogens with one attached hydrogen (secondary N) is 2. The fourth-order valence-electron chi connectivity index (χ4n) is 4.38. The summed E-state index contributed by atoms with van der Waals surface area (Å²) in [6.07, 6.45) is 2.76. The van der Waals surface area contributed by atoms with Crippen LogP contribution in [-0.2, 0) is 32.6 Å². The second kappa shape index (κ2) is 10.8. The van der Waals surface area contributed by atoms with Crippen molar-refractivity contribution < 1.29 is 18.0 Å². The number of anilines is 1. The van der Waals surface area contributed by atoms with Gasteiger partial charge in [-0.3, -0.25) is 9.59 Å². The van der Waals surface area contributed by atoms with Crippen LogP contribution in [0.5, 0.6) is 0 Å². The molecule has 1 atom stereocenters. The molecule has 0 fully saturated rings. The number of hydrogen-bond donors (Lipinski definition) is 2. The predicted octanol–water partition coefficient (Wildman–Crippen LogP) is 4.03. The van der Waals surface area contributed by atoms with Crippen LogP contribution >= 0.6 is 0 Å². The van der Waals surface area contributed by atoms with Gasteiger partial charge in [0, 0.05) is 19.2 Å². The van der Waals surface area contributed by atoms with E-state index in [0.717, 1.165) is 30.4 Å². The molecule has 2 amide bonds. The van der Waals surface area contributed by atoms with Crippen molar-refractivity contribution in [3.63, 3.8) is 0 Å². The highest BCUT2D eigenvalue weighted by atomic mass is 32.2. The van der Waals surface area contributed by atoms with Gasteiger partial charge < -0.3 is 10.6 Å². The summed E-state index contributed by atoms with van der Waals surface area (Å²) in [4.78, 5) is 24.5. The molecular weight excluding hydrogens is 462 g/mol. The molecule has 0 radical (unpaired) electrons. The Morgan fingerprint density at radius 3 is 2.34 bits per heavy atom. The summed E-state index contributed by atoms with van der Waals surface area (Å²) < 4.78 is 28.3. The van der Waals surface area contributed by atoms with Crippen molar-refractivity contribution in [2.24, 2.45) is 0 Å². The average molecular weight is 492 g/mol. The first-order valence-corrected chi connectivity index (χ1v) is 13.1. The second-order valence-corrected chi connectivity index (χ2v) is 10.6. The van der Waals surface area contributed by atoms with Crippen LogP contribution in [0.2, 0.25) is 0 Å². The van der Waals surface area contributed by atoms with E-state index >= 15 is 0 Å². The first-order valence-electron chi connectivity index (χ1n) is 11.6. The molecule has 3 aromatic carbocycles. The van der Waals surface area contributed by atoms with Crippen LogP contribution in [0.1, 0.15) is 42.5 Å². The molecule has 7 nitrogen and oxygen atoms in total. The van der Waals surface area contributed by atoms with E-state index in [4.69, 9.17) is 0 Å². The third-order valence-corrected chi connectivity index (χ3v) is 7.84. The molecule has 3 aromatic rings. The molecule has 182 valence electrons. The van der Waals surface area contributed by atoms with Gasteiger partial charge in [0.25, 0.3) is 0 Å². The molecule has 0 heterocycles. The molecule has 0 unspecified atom stereocenters. The van der Waals surface area contributed by atoms with E-state index in [-0.39, 0.29) is 35.8 Å². The van der Waals surface area contributed by atoms with Gasteiger partial charge in [-0.25, -0.2) is 8.42 Å². The summed E-state index contributed by atoms with van der Waals surface area (Å²) in [6, 6.07) is 23.1. The highest BCUT2D eigenvalue weighted by Crippen LogP contribution is 2.29. The summed E-state index contributed by atoms with van der Waals surface area (Å²) >= 11 is 0. The highest BCUT2D eigenvalue weighted by Gasteiger charge is 2.29. The van der Waals surface area contributed by atoms with Crippen LogP contribution in [0.25, 0.3) is 0 Å². The minimum absolute atomic E-state index is 0.0540. The normalized spacial score (nSPS) is 15.3. The van der Waals surface area contributed by atoms with E-state index < -0.39 is 10.0 Å². The van der Waals surface area contributed by atoms with Gasteiger partial charge in [0.2, 0.25) is 21.8 Å². The molecule has 1 aliphatic rings. The van der Waals surface area contributed by atoms with Gasteiger partial charge in [0.05, 0.1) is 17.5 Å². The molecule has 2 N–H and O–H groups in total. The average Bonchev–Trinajstić information content (AvgIpc) is 2.84. The minimum atomic E-state index is -3.98. The standard InChI is InChI=1S/C27H29N3O4S/c1-20(31)28-23-14-16-24(17-15-23)35(33,34)30(18-21-8-3-2-4-9-21)19-27(32)29-26-13-7-11-22-10-5-6-12-25(22)26/h2-6,8-10,12,14-17,26H,7,11,13,18-19H2,1H3,(H,28,31)(H,29,32)/t26-/m0/s1. The Hall–Kier alpha value is -3.49. The Balaban J connectivity index is 1.56. The molecule has 1 aliphatic carbocycles. The van der Waals surface area contributed by atoms with Crippen molar-refractivity contribution in [2.75, 3.05) is 11.9 Å². The third-order valence-electron chi connectivity index (χ3n) is 6.04. The van der Waals surface area contributed by atoms with Gasteiger partial charge in [-0.2, -0.15) is 4.31 Å². The van der Waals surface area contributed by atoms with Crippen molar-refractivity contribution in [1.82, 2.24) is 9.62 Å². The molecule has 0 saturated carbocycles. The van der Waals surface area contributed by atoms with Gasteiger partial charge in [-0.05, 0) is 60.2 Å². The van der Waals surface area contributed by atoms with Gasteiger partial charge in [-0.1, -0.05) is 54.6 Å². The van der Waals surface area contributed by atoms with E-state index in [1.54, 1.807) is 0 Å². The van der Waals surface area contributed by atoms with Gasteiger partial charge >= 0.3 is 0 Å². The van der Waals surface area contributed by atoms with Gasteiger partial charge in [0.1, 0.15) is 0 Å². The van der Waals surface area contributed by atoms with Crippen LogP contribution < -0.4 is 10.6 Å².